The Balaban J connectivity index is 2.40. The fraction of sp³-hybridized carbons (Fsp3) is 0.417. The summed E-state index contributed by atoms with van der Waals surface area (Å²) in [4.78, 5) is 0. The molecular formula is C24H32O4Si. The molecule has 0 fully saturated rings. The zero-order chi connectivity index (χ0) is 21.2. The fourth-order valence-corrected chi connectivity index (χ4v) is 8.14. The maximum absolute atomic E-state index is 6.88. The lowest BCUT2D eigenvalue weighted by Gasteiger charge is -2.43. The molecule has 29 heavy (non-hydrogen) atoms. The van der Waals surface area contributed by atoms with Gasteiger partial charge in [-0.05, 0) is 15.4 Å². The fourth-order valence-electron chi connectivity index (χ4n) is 3.55. The Labute approximate surface area is 176 Å². The summed E-state index contributed by atoms with van der Waals surface area (Å²) in [6.45, 7) is 7.90. The third kappa shape index (κ3) is 6.02. The third-order valence-corrected chi connectivity index (χ3v) is 9.81. The molecule has 156 valence electrons. The highest BCUT2D eigenvalue weighted by molar-refractivity contribution is 6.99. The van der Waals surface area contributed by atoms with Crippen LogP contribution in [0.1, 0.15) is 20.8 Å². The second-order valence-electron chi connectivity index (χ2n) is 7.89. The molecule has 0 unspecified atom stereocenters. The van der Waals surface area contributed by atoms with Crippen molar-refractivity contribution < 1.29 is 18.6 Å². The molecule has 0 amide bonds. The van der Waals surface area contributed by atoms with E-state index in [1.54, 1.807) is 7.11 Å². The van der Waals surface area contributed by atoms with Gasteiger partial charge in [0.05, 0.1) is 13.2 Å². The monoisotopic (exact) mass is 412 g/mol. The Kier molecular flexibility index (Phi) is 9.09. The second-order valence-corrected chi connectivity index (χ2v) is 12.2. The second kappa shape index (κ2) is 11.3. The summed E-state index contributed by atoms with van der Waals surface area (Å²) < 4.78 is 23.2. The molecule has 0 aliphatic rings. The van der Waals surface area contributed by atoms with Crippen LogP contribution < -0.4 is 10.4 Å². The van der Waals surface area contributed by atoms with Crippen molar-refractivity contribution in [2.24, 2.45) is 0 Å². The molecule has 0 N–H and O–H groups in total. The molecule has 0 aromatic heterocycles. The standard InChI is InChI=1S/C24H32O4Si/c1-6-17-27-21(18-26-20-25-5)19-28-29(24(2,3)4,22-13-9-7-10-14-22)23-15-11-8-12-16-23/h1,7-16,21H,17-20H2,2-5H3/t21-/m0/s1. The number of hydrogen-bond acceptors (Lipinski definition) is 4. The molecule has 1 atom stereocenters. The highest BCUT2D eigenvalue weighted by atomic mass is 28.4. The van der Waals surface area contributed by atoms with Crippen LogP contribution in [0.3, 0.4) is 0 Å². The van der Waals surface area contributed by atoms with Crippen molar-refractivity contribution in [1.29, 1.82) is 0 Å². The zero-order valence-corrected chi connectivity index (χ0v) is 18.9. The Bertz CT molecular complexity index is 710. The molecule has 0 heterocycles. The molecule has 0 aliphatic heterocycles. The molecule has 0 radical (unpaired) electrons. The molecule has 0 spiro atoms. The maximum Gasteiger partial charge on any atom is 0.261 e. The van der Waals surface area contributed by atoms with Gasteiger partial charge in [0.1, 0.15) is 19.5 Å². The molecule has 0 aliphatic carbocycles. The van der Waals surface area contributed by atoms with E-state index in [-0.39, 0.29) is 24.5 Å². The van der Waals surface area contributed by atoms with Crippen molar-refractivity contribution in [3.05, 3.63) is 60.7 Å². The van der Waals surface area contributed by atoms with Gasteiger partial charge in [0.25, 0.3) is 8.32 Å². The molecule has 0 saturated heterocycles. The topological polar surface area (TPSA) is 36.9 Å². The van der Waals surface area contributed by atoms with Gasteiger partial charge in [-0.1, -0.05) is 87.4 Å². The van der Waals surface area contributed by atoms with E-state index in [1.165, 1.54) is 10.4 Å². The highest BCUT2D eigenvalue weighted by Gasteiger charge is 2.50. The molecule has 2 aromatic carbocycles. The SMILES string of the molecule is C#CCO[C@@H](COCOC)CO[Si](c1ccccc1)(c1ccccc1)C(C)(C)C. The zero-order valence-electron chi connectivity index (χ0n) is 17.9. The highest BCUT2D eigenvalue weighted by Crippen LogP contribution is 2.36. The van der Waals surface area contributed by atoms with Crippen LogP contribution in [-0.4, -0.2) is 48.1 Å². The minimum Gasteiger partial charge on any atom is -0.405 e. The smallest absolute Gasteiger partial charge is 0.261 e. The van der Waals surface area contributed by atoms with E-state index in [0.717, 1.165) is 0 Å². The molecule has 2 aromatic rings. The van der Waals surface area contributed by atoms with Crippen molar-refractivity contribution in [2.45, 2.75) is 31.9 Å². The van der Waals surface area contributed by atoms with Crippen LogP contribution in [0, 0.1) is 12.3 Å². The van der Waals surface area contributed by atoms with Crippen molar-refractivity contribution in [1.82, 2.24) is 0 Å². The summed E-state index contributed by atoms with van der Waals surface area (Å²) in [5.74, 6) is 2.53. The normalized spacial score (nSPS) is 13.1. The van der Waals surface area contributed by atoms with Crippen molar-refractivity contribution in [2.75, 3.05) is 33.7 Å². The van der Waals surface area contributed by atoms with Crippen molar-refractivity contribution in [3.63, 3.8) is 0 Å². The van der Waals surface area contributed by atoms with Crippen LogP contribution in [-0.2, 0) is 18.6 Å². The van der Waals surface area contributed by atoms with E-state index in [1.807, 2.05) is 12.1 Å². The van der Waals surface area contributed by atoms with Crippen LogP contribution in [0.2, 0.25) is 5.04 Å². The number of methoxy groups -OCH3 is 1. The first-order valence-electron chi connectivity index (χ1n) is 9.82. The molecule has 0 bridgehead atoms. The third-order valence-electron chi connectivity index (χ3n) is 4.81. The van der Waals surface area contributed by atoms with Crippen LogP contribution in [0.4, 0.5) is 0 Å². The van der Waals surface area contributed by atoms with E-state index >= 15 is 0 Å². The Morgan fingerprint density at radius 2 is 1.48 bits per heavy atom. The Morgan fingerprint density at radius 1 is 0.931 bits per heavy atom. The molecule has 4 nitrogen and oxygen atoms in total. The Hall–Kier alpha value is -1.94. The van der Waals surface area contributed by atoms with Gasteiger partial charge in [-0.15, -0.1) is 6.42 Å². The summed E-state index contributed by atoms with van der Waals surface area (Å²) >= 11 is 0. The summed E-state index contributed by atoms with van der Waals surface area (Å²) in [5, 5.41) is 2.36. The van der Waals surface area contributed by atoms with Gasteiger partial charge in [-0.3, -0.25) is 0 Å². The maximum atomic E-state index is 6.88. The van der Waals surface area contributed by atoms with Gasteiger partial charge in [-0.2, -0.15) is 0 Å². The summed E-state index contributed by atoms with van der Waals surface area (Å²) in [5.41, 5.74) is 0. The number of ether oxygens (including phenoxy) is 3. The first-order chi connectivity index (χ1) is 14.0. The molecule has 2 rings (SSSR count). The largest absolute Gasteiger partial charge is 0.405 e. The average Bonchev–Trinajstić information content (AvgIpc) is 2.72. The molecular weight excluding hydrogens is 380 g/mol. The van der Waals surface area contributed by atoms with Gasteiger partial charge in [-0.25, -0.2) is 0 Å². The van der Waals surface area contributed by atoms with Crippen molar-refractivity contribution in [3.8, 4) is 12.3 Å². The first kappa shape index (κ1) is 23.3. The van der Waals surface area contributed by atoms with Gasteiger partial charge in [0, 0.05) is 7.11 Å². The Morgan fingerprint density at radius 3 is 1.93 bits per heavy atom. The number of terminal acetylenes is 1. The number of benzene rings is 2. The van der Waals surface area contributed by atoms with E-state index < -0.39 is 8.32 Å². The number of hydrogen-bond donors (Lipinski definition) is 0. The molecule has 5 heteroatoms. The lowest BCUT2D eigenvalue weighted by Crippen LogP contribution is -2.67. The van der Waals surface area contributed by atoms with E-state index in [2.05, 4.69) is 75.2 Å². The van der Waals surface area contributed by atoms with Crippen molar-refractivity contribution >= 4 is 18.7 Å². The van der Waals surface area contributed by atoms with Gasteiger partial charge < -0.3 is 18.6 Å². The van der Waals surface area contributed by atoms with Gasteiger partial charge >= 0.3 is 0 Å². The van der Waals surface area contributed by atoms with E-state index in [0.29, 0.717) is 13.2 Å². The van der Waals surface area contributed by atoms with E-state index in [4.69, 9.17) is 25.1 Å². The summed E-state index contributed by atoms with van der Waals surface area (Å²) in [6, 6.07) is 21.0. The van der Waals surface area contributed by atoms with Gasteiger partial charge in [0.2, 0.25) is 0 Å². The molecule has 0 saturated carbocycles. The minimum atomic E-state index is -2.62. The average molecular weight is 413 g/mol. The van der Waals surface area contributed by atoms with Crippen LogP contribution in [0.25, 0.3) is 0 Å². The number of rotatable bonds is 11. The minimum absolute atomic E-state index is 0.0975. The van der Waals surface area contributed by atoms with Crippen LogP contribution in [0.5, 0.6) is 0 Å². The quantitative estimate of drug-likeness (QED) is 0.246. The summed E-state index contributed by atoms with van der Waals surface area (Å²) in [6.07, 6.45) is 5.12. The van der Waals surface area contributed by atoms with Gasteiger partial charge in [0.15, 0.2) is 0 Å². The summed E-state index contributed by atoms with van der Waals surface area (Å²) in [7, 11) is -1.02. The first-order valence-corrected chi connectivity index (χ1v) is 11.7. The van der Waals surface area contributed by atoms with E-state index in [9.17, 15) is 0 Å². The van der Waals surface area contributed by atoms with Crippen LogP contribution >= 0.6 is 0 Å². The predicted octanol–water partition coefficient (Wildman–Crippen LogP) is 3.20. The van der Waals surface area contributed by atoms with Crippen LogP contribution in [0.15, 0.2) is 60.7 Å². The predicted molar refractivity (Wildman–Crippen MR) is 120 cm³/mol. The lowest BCUT2D eigenvalue weighted by molar-refractivity contribution is -0.0840. The lowest BCUT2D eigenvalue weighted by atomic mass is 10.2.